The molecule has 0 saturated carbocycles. The molecule has 2 heterocycles. The lowest BCUT2D eigenvalue weighted by Gasteiger charge is -2.42. The Balaban J connectivity index is 2.23. The lowest BCUT2D eigenvalue weighted by molar-refractivity contribution is -0.153. The van der Waals surface area contributed by atoms with Crippen LogP contribution in [0.3, 0.4) is 0 Å². The number of hydrogen-bond acceptors (Lipinski definition) is 3. The Bertz CT molecular complexity index is 359. The zero-order valence-corrected chi connectivity index (χ0v) is 12.0. The number of carbonyl (C=O) groups excluding carboxylic acids is 2. The lowest BCUT2D eigenvalue weighted by atomic mass is 9.97. The highest BCUT2D eigenvalue weighted by atomic mass is 16.5. The second kappa shape index (κ2) is 5.90. The number of piperazine rings is 1. The van der Waals surface area contributed by atoms with Gasteiger partial charge in [0.25, 0.3) is 0 Å². The first-order chi connectivity index (χ1) is 9.10. The number of nitrogens with zero attached hydrogens (tertiary/aromatic N) is 1. The van der Waals surface area contributed by atoms with Crippen LogP contribution in [0.25, 0.3) is 0 Å². The maximum atomic E-state index is 12.6. The van der Waals surface area contributed by atoms with Gasteiger partial charge in [0.05, 0.1) is 12.1 Å². The molecule has 1 N–H and O–H groups in total. The van der Waals surface area contributed by atoms with Gasteiger partial charge in [-0.3, -0.25) is 9.59 Å². The first-order valence-electron chi connectivity index (χ1n) is 7.34. The number of nitrogens with one attached hydrogen (secondary N) is 1. The number of rotatable bonds is 4. The molecular weight excluding hydrogens is 244 g/mol. The molecule has 2 amide bonds. The van der Waals surface area contributed by atoms with Gasteiger partial charge in [-0.1, -0.05) is 20.3 Å². The van der Waals surface area contributed by atoms with Crippen molar-refractivity contribution in [3.05, 3.63) is 0 Å². The molecule has 4 atom stereocenters. The van der Waals surface area contributed by atoms with Gasteiger partial charge in [-0.05, 0) is 26.2 Å². The number of carbonyl (C=O) groups is 2. The van der Waals surface area contributed by atoms with Gasteiger partial charge in [0, 0.05) is 6.61 Å². The van der Waals surface area contributed by atoms with Crippen LogP contribution in [0.2, 0.25) is 0 Å². The number of amides is 2. The average molecular weight is 268 g/mol. The van der Waals surface area contributed by atoms with Crippen molar-refractivity contribution in [1.82, 2.24) is 10.2 Å². The molecule has 2 saturated heterocycles. The minimum absolute atomic E-state index is 0.0142. The van der Waals surface area contributed by atoms with Crippen LogP contribution in [-0.4, -0.2) is 47.6 Å². The Hall–Kier alpha value is -1.10. The highest BCUT2D eigenvalue weighted by Gasteiger charge is 2.45. The van der Waals surface area contributed by atoms with Gasteiger partial charge in [0.2, 0.25) is 11.8 Å². The molecule has 4 unspecified atom stereocenters. The molecule has 0 aromatic heterocycles. The third kappa shape index (κ3) is 2.61. The average Bonchev–Trinajstić information content (AvgIpc) is 2.79. The first-order valence-corrected chi connectivity index (χ1v) is 7.34. The van der Waals surface area contributed by atoms with Gasteiger partial charge in [-0.2, -0.15) is 0 Å². The molecule has 2 fully saturated rings. The zero-order valence-electron chi connectivity index (χ0n) is 12.0. The maximum absolute atomic E-state index is 12.6. The molecule has 0 radical (unpaired) electrons. The first kappa shape index (κ1) is 14.3. The van der Waals surface area contributed by atoms with E-state index in [-0.39, 0.29) is 36.0 Å². The molecule has 0 spiro atoms. The molecular formula is C14H24N2O3. The van der Waals surface area contributed by atoms with E-state index in [9.17, 15) is 9.59 Å². The summed E-state index contributed by atoms with van der Waals surface area (Å²) in [6, 6.07) is -0.647. The summed E-state index contributed by atoms with van der Waals surface area (Å²) in [5.74, 6) is 0.0512. The van der Waals surface area contributed by atoms with Crippen LogP contribution in [0, 0.1) is 0 Å². The summed E-state index contributed by atoms with van der Waals surface area (Å²) in [5.41, 5.74) is 0. The Kier molecular flexibility index (Phi) is 4.45. The SMILES string of the molecule is CCCC1NC(=O)C(CC)N(C2CCOC2C)C1=O. The summed E-state index contributed by atoms with van der Waals surface area (Å²) in [5, 5.41) is 2.87. The predicted octanol–water partition coefficient (Wildman–Crippen LogP) is 1.07. The van der Waals surface area contributed by atoms with Crippen LogP contribution in [0.4, 0.5) is 0 Å². The van der Waals surface area contributed by atoms with Crippen molar-refractivity contribution < 1.29 is 14.3 Å². The van der Waals surface area contributed by atoms with Crippen LogP contribution in [0.1, 0.15) is 46.5 Å². The van der Waals surface area contributed by atoms with E-state index in [1.54, 1.807) is 4.90 Å². The molecule has 0 aromatic carbocycles. The van der Waals surface area contributed by atoms with Crippen LogP contribution in [0.5, 0.6) is 0 Å². The van der Waals surface area contributed by atoms with Crippen LogP contribution in [0.15, 0.2) is 0 Å². The smallest absolute Gasteiger partial charge is 0.246 e. The van der Waals surface area contributed by atoms with Crippen LogP contribution in [-0.2, 0) is 14.3 Å². The summed E-state index contributed by atoms with van der Waals surface area (Å²) in [4.78, 5) is 26.6. The van der Waals surface area contributed by atoms with E-state index in [2.05, 4.69) is 5.32 Å². The van der Waals surface area contributed by atoms with Crippen molar-refractivity contribution in [2.75, 3.05) is 6.61 Å². The highest BCUT2D eigenvalue weighted by Crippen LogP contribution is 2.26. The Morgan fingerprint density at radius 1 is 1.37 bits per heavy atom. The topological polar surface area (TPSA) is 58.6 Å². The summed E-state index contributed by atoms with van der Waals surface area (Å²) < 4.78 is 5.56. The Morgan fingerprint density at radius 2 is 2.11 bits per heavy atom. The van der Waals surface area contributed by atoms with Gasteiger partial charge >= 0.3 is 0 Å². The molecule has 108 valence electrons. The maximum Gasteiger partial charge on any atom is 0.246 e. The number of ether oxygens (including phenoxy) is 1. The van der Waals surface area contributed by atoms with Crippen molar-refractivity contribution in [3.63, 3.8) is 0 Å². The molecule has 0 aromatic rings. The van der Waals surface area contributed by atoms with Crippen molar-refractivity contribution in [1.29, 1.82) is 0 Å². The number of hydrogen-bond donors (Lipinski definition) is 1. The van der Waals surface area contributed by atoms with E-state index in [0.29, 0.717) is 19.4 Å². The summed E-state index contributed by atoms with van der Waals surface area (Å²) >= 11 is 0. The fourth-order valence-electron chi connectivity index (χ4n) is 3.14. The Labute approximate surface area is 114 Å². The van der Waals surface area contributed by atoms with E-state index in [1.165, 1.54) is 0 Å². The van der Waals surface area contributed by atoms with Gasteiger partial charge < -0.3 is 15.0 Å². The van der Waals surface area contributed by atoms with Gasteiger partial charge in [-0.25, -0.2) is 0 Å². The molecule has 2 aliphatic heterocycles. The van der Waals surface area contributed by atoms with E-state index < -0.39 is 0 Å². The highest BCUT2D eigenvalue weighted by molar-refractivity contribution is 5.97. The molecule has 2 aliphatic rings. The summed E-state index contributed by atoms with van der Waals surface area (Å²) in [7, 11) is 0. The van der Waals surface area contributed by atoms with Gasteiger partial charge in [-0.15, -0.1) is 0 Å². The molecule has 19 heavy (non-hydrogen) atoms. The van der Waals surface area contributed by atoms with Crippen molar-refractivity contribution >= 4 is 11.8 Å². The fraction of sp³-hybridized carbons (Fsp3) is 0.857. The van der Waals surface area contributed by atoms with Gasteiger partial charge in [0.1, 0.15) is 12.1 Å². The van der Waals surface area contributed by atoms with E-state index >= 15 is 0 Å². The third-order valence-corrected chi connectivity index (χ3v) is 4.17. The quantitative estimate of drug-likeness (QED) is 0.829. The normalized spacial score (nSPS) is 35.6. The molecule has 5 heteroatoms. The lowest BCUT2D eigenvalue weighted by Crippen LogP contribution is -2.66. The molecule has 5 nitrogen and oxygen atoms in total. The second-order valence-corrected chi connectivity index (χ2v) is 5.45. The van der Waals surface area contributed by atoms with Gasteiger partial charge in [0.15, 0.2) is 0 Å². The minimum atomic E-state index is -0.354. The van der Waals surface area contributed by atoms with Crippen molar-refractivity contribution in [3.8, 4) is 0 Å². The second-order valence-electron chi connectivity index (χ2n) is 5.45. The Morgan fingerprint density at radius 3 is 2.63 bits per heavy atom. The summed E-state index contributed by atoms with van der Waals surface area (Å²) in [6.45, 7) is 6.63. The van der Waals surface area contributed by atoms with Crippen molar-refractivity contribution in [2.45, 2.75) is 70.7 Å². The van der Waals surface area contributed by atoms with E-state index in [1.807, 2.05) is 20.8 Å². The van der Waals surface area contributed by atoms with E-state index in [0.717, 1.165) is 12.8 Å². The largest absolute Gasteiger partial charge is 0.376 e. The molecule has 0 aliphatic carbocycles. The van der Waals surface area contributed by atoms with Crippen molar-refractivity contribution in [2.24, 2.45) is 0 Å². The fourth-order valence-corrected chi connectivity index (χ4v) is 3.14. The van der Waals surface area contributed by atoms with Crippen LogP contribution < -0.4 is 5.32 Å². The minimum Gasteiger partial charge on any atom is -0.376 e. The predicted molar refractivity (Wildman–Crippen MR) is 71.6 cm³/mol. The van der Waals surface area contributed by atoms with Crippen LogP contribution >= 0.6 is 0 Å². The molecule has 0 bridgehead atoms. The third-order valence-electron chi connectivity index (χ3n) is 4.17. The monoisotopic (exact) mass is 268 g/mol. The summed E-state index contributed by atoms with van der Waals surface area (Å²) in [6.07, 6.45) is 3.10. The van der Waals surface area contributed by atoms with E-state index in [4.69, 9.17) is 4.74 Å². The molecule has 2 rings (SSSR count). The standard InChI is InChI=1S/C14H24N2O3/c1-4-6-10-14(18)16(11(5-2)13(17)15-10)12-7-8-19-9(12)3/h9-12H,4-8H2,1-3H3,(H,15,17). The zero-order chi connectivity index (χ0) is 14.0.